The molecule has 0 bridgehead atoms. The summed E-state index contributed by atoms with van der Waals surface area (Å²) in [6.45, 7) is 2.14. The highest BCUT2D eigenvalue weighted by molar-refractivity contribution is 9.18. The van der Waals surface area contributed by atoms with E-state index < -0.39 is 34.8 Å². The van der Waals surface area contributed by atoms with Gasteiger partial charge in [0, 0.05) is 11.8 Å². The average molecular weight is 490 g/mol. The van der Waals surface area contributed by atoms with Gasteiger partial charge in [-0.25, -0.2) is 14.4 Å². The van der Waals surface area contributed by atoms with E-state index in [1.165, 1.54) is 6.92 Å². The summed E-state index contributed by atoms with van der Waals surface area (Å²) in [5.41, 5.74) is 2.41. The van der Waals surface area contributed by atoms with Gasteiger partial charge in [-0.1, -0.05) is 0 Å². The molecule has 1 atom stereocenters. The first-order valence-corrected chi connectivity index (χ1v) is 8.37. The highest BCUT2D eigenvalue weighted by atomic mass is 79.9. The van der Waals surface area contributed by atoms with Crippen LogP contribution in [0, 0.1) is 12.7 Å². The van der Waals surface area contributed by atoms with Gasteiger partial charge in [0.25, 0.3) is 5.88 Å². The Balaban J connectivity index is 2.22. The number of anilines is 1. The lowest BCUT2D eigenvalue weighted by atomic mass is 10.1. The predicted octanol–water partition coefficient (Wildman–Crippen LogP) is 5.00. The van der Waals surface area contributed by atoms with Gasteiger partial charge in [-0.3, -0.25) is 10.4 Å². The van der Waals surface area contributed by atoms with Crippen LogP contribution in [0.3, 0.4) is 0 Å². The summed E-state index contributed by atoms with van der Waals surface area (Å²) in [6.07, 6.45) is -9.58. The lowest BCUT2D eigenvalue weighted by molar-refractivity contribution is -0.190. The number of aromatic nitrogens is 3. The summed E-state index contributed by atoms with van der Waals surface area (Å²) in [7, 11) is 0. The molecule has 1 N–H and O–H groups in total. The Bertz CT molecular complexity index is 917. The Morgan fingerprint density at radius 2 is 1.83 bits per heavy atom. The molecule has 6 nitrogen and oxygen atoms in total. The van der Waals surface area contributed by atoms with E-state index in [9.17, 15) is 30.7 Å². The summed E-state index contributed by atoms with van der Waals surface area (Å²) in [6, 6.07) is 0.855. The number of nitrogens with one attached hydrogen (secondary N) is 1. The highest BCUT2D eigenvalue weighted by Crippen LogP contribution is 2.28. The van der Waals surface area contributed by atoms with E-state index >= 15 is 0 Å². The van der Waals surface area contributed by atoms with Crippen LogP contribution >= 0.6 is 15.9 Å². The van der Waals surface area contributed by atoms with E-state index in [4.69, 9.17) is 0 Å². The van der Waals surface area contributed by atoms with Crippen molar-refractivity contribution in [2.75, 3.05) is 5.43 Å². The van der Waals surface area contributed by atoms with Crippen molar-refractivity contribution < 1.29 is 35.5 Å². The summed E-state index contributed by atoms with van der Waals surface area (Å²) in [5, 5.41) is 3.06. The largest absolute Gasteiger partial charge is 0.463 e. The number of ether oxygens (including phenoxy) is 1. The summed E-state index contributed by atoms with van der Waals surface area (Å²) in [4.78, 5) is 11.4. The third-order valence-electron chi connectivity index (χ3n) is 3.28. The Morgan fingerprint density at radius 3 is 2.34 bits per heavy atom. The number of halogens is 8. The van der Waals surface area contributed by atoms with Gasteiger partial charge >= 0.3 is 12.4 Å². The zero-order valence-electron chi connectivity index (χ0n) is 14.5. The molecule has 0 aromatic carbocycles. The predicted molar refractivity (Wildman–Crippen MR) is 92.1 cm³/mol. The number of hydrazone groups is 1. The van der Waals surface area contributed by atoms with E-state index in [-0.39, 0.29) is 22.8 Å². The van der Waals surface area contributed by atoms with Gasteiger partial charge in [0.15, 0.2) is 17.7 Å². The summed E-state index contributed by atoms with van der Waals surface area (Å²) >= 11 is 2.25. The topological polar surface area (TPSA) is 72.3 Å². The van der Waals surface area contributed by atoms with Crippen LogP contribution in [0.5, 0.6) is 5.88 Å². The second kappa shape index (κ2) is 8.47. The van der Waals surface area contributed by atoms with Crippen molar-refractivity contribution in [3.8, 4) is 17.1 Å². The Labute approximate surface area is 167 Å². The molecule has 0 spiro atoms. The maximum absolute atomic E-state index is 14.1. The molecule has 2 rings (SSSR count). The SMILES string of the molecule is Cc1nc(NN=C(Br)C(F)(F)F)cnc1-c1cnc(O[C@H](C)C(F)(F)F)c(F)c1. The molecule has 0 saturated carbocycles. The van der Waals surface area contributed by atoms with Crippen molar-refractivity contribution in [3.05, 3.63) is 30.0 Å². The molecule has 2 heterocycles. The van der Waals surface area contributed by atoms with Crippen LogP contribution in [0.2, 0.25) is 0 Å². The second-order valence-corrected chi connectivity index (χ2v) is 6.27. The molecule has 0 aliphatic heterocycles. The molecule has 2 aromatic rings. The fourth-order valence-electron chi connectivity index (χ4n) is 1.86. The van der Waals surface area contributed by atoms with E-state index in [2.05, 4.69) is 46.1 Å². The molecule has 0 aliphatic carbocycles. The average Bonchev–Trinajstić information content (AvgIpc) is 2.59. The van der Waals surface area contributed by atoms with Crippen LogP contribution in [-0.4, -0.2) is 38.0 Å². The maximum Gasteiger partial charge on any atom is 0.441 e. The van der Waals surface area contributed by atoms with Crippen molar-refractivity contribution >= 4 is 26.4 Å². The molecule has 2 aromatic heterocycles. The minimum Gasteiger partial charge on any atom is -0.463 e. The van der Waals surface area contributed by atoms with Crippen LogP contribution in [0.15, 0.2) is 23.6 Å². The Kier molecular flexibility index (Phi) is 6.65. The number of hydrogen-bond acceptors (Lipinski definition) is 6. The van der Waals surface area contributed by atoms with Crippen LogP contribution < -0.4 is 10.2 Å². The van der Waals surface area contributed by atoms with E-state index in [0.717, 1.165) is 18.5 Å². The zero-order chi connectivity index (χ0) is 22.0. The highest BCUT2D eigenvalue weighted by Gasteiger charge is 2.39. The van der Waals surface area contributed by atoms with Crippen LogP contribution in [0.25, 0.3) is 11.3 Å². The maximum atomic E-state index is 14.1. The van der Waals surface area contributed by atoms with Crippen molar-refractivity contribution in [3.63, 3.8) is 0 Å². The van der Waals surface area contributed by atoms with Crippen molar-refractivity contribution in [1.82, 2.24) is 15.0 Å². The quantitative estimate of drug-likeness (QED) is 0.363. The third kappa shape index (κ3) is 5.98. The lowest BCUT2D eigenvalue weighted by Gasteiger charge is -2.17. The summed E-state index contributed by atoms with van der Waals surface area (Å²) < 4.78 is 91.8. The second-order valence-electron chi connectivity index (χ2n) is 5.51. The van der Waals surface area contributed by atoms with E-state index in [1.807, 2.05) is 0 Å². The molecule has 0 aliphatic rings. The molecule has 0 fully saturated rings. The number of alkyl halides is 6. The molecular weight excluding hydrogens is 479 g/mol. The van der Waals surface area contributed by atoms with Gasteiger partial charge in [0.05, 0.1) is 17.6 Å². The number of aryl methyl sites for hydroxylation is 1. The van der Waals surface area contributed by atoms with Crippen molar-refractivity contribution in [2.24, 2.45) is 5.10 Å². The van der Waals surface area contributed by atoms with Gasteiger partial charge in [0.1, 0.15) is 0 Å². The molecule has 0 amide bonds. The van der Waals surface area contributed by atoms with E-state index in [0.29, 0.717) is 6.92 Å². The molecule has 14 heteroatoms. The monoisotopic (exact) mass is 489 g/mol. The number of hydrogen-bond donors (Lipinski definition) is 1. The standard InChI is InChI=1S/C15H11BrF7N5O/c1-6-11(24-5-10(26-6)27-28-13(16)15(21,22)23)8-3-9(17)12(25-4-8)29-7(2)14(18,19)20/h3-5,7H,1-2H3,(H,26,27)/t7-/m1/s1. The lowest BCUT2D eigenvalue weighted by Crippen LogP contribution is -2.31. The Hall–Kier alpha value is -2.51. The molecule has 29 heavy (non-hydrogen) atoms. The van der Waals surface area contributed by atoms with Gasteiger partial charge in [0.2, 0.25) is 4.62 Å². The molecule has 158 valence electrons. The van der Waals surface area contributed by atoms with Gasteiger partial charge in [-0.05, 0) is 35.8 Å². The normalized spacial score (nSPS) is 13.9. The summed E-state index contributed by atoms with van der Waals surface area (Å²) in [5.74, 6) is -2.12. The molecular formula is C15H11BrF7N5O. The Morgan fingerprint density at radius 1 is 1.17 bits per heavy atom. The minimum atomic E-state index is -4.69. The van der Waals surface area contributed by atoms with Gasteiger partial charge < -0.3 is 4.74 Å². The van der Waals surface area contributed by atoms with Gasteiger partial charge in [-0.2, -0.15) is 31.4 Å². The number of nitrogens with zero attached hydrogens (tertiary/aromatic N) is 4. The first kappa shape index (κ1) is 22.8. The third-order valence-corrected chi connectivity index (χ3v) is 3.91. The molecule has 0 radical (unpaired) electrons. The van der Waals surface area contributed by atoms with Crippen LogP contribution in [0.4, 0.5) is 36.6 Å². The molecule has 0 saturated heterocycles. The van der Waals surface area contributed by atoms with Crippen LogP contribution in [0.1, 0.15) is 12.6 Å². The van der Waals surface area contributed by atoms with Crippen molar-refractivity contribution in [2.45, 2.75) is 32.3 Å². The van der Waals surface area contributed by atoms with Gasteiger partial charge in [-0.15, -0.1) is 0 Å². The number of pyridine rings is 1. The van der Waals surface area contributed by atoms with Crippen LogP contribution in [-0.2, 0) is 0 Å². The first-order valence-electron chi connectivity index (χ1n) is 7.58. The fourth-order valence-corrected chi connectivity index (χ4v) is 1.95. The van der Waals surface area contributed by atoms with E-state index in [1.54, 1.807) is 0 Å². The fraction of sp³-hybridized carbons (Fsp3) is 0.333. The zero-order valence-corrected chi connectivity index (χ0v) is 16.1. The van der Waals surface area contributed by atoms with Crippen molar-refractivity contribution in [1.29, 1.82) is 0 Å². The first-order chi connectivity index (χ1) is 13.3. The number of rotatable bonds is 5. The molecule has 0 unspecified atom stereocenters. The minimum absolute atomic E-state index is 0.0750. The smallest absolute Gasteiger partial charge is 0.441 e.